The van der Waals surface area contributed by atoms with Crippen molar-refractivity contribution in [2.24, 2.45) is 5.29 Å². The summed E-state index contributed by atoms with van der Waals surface area (Å²) in [4.78, 5) is 52.8. The fourth-order valence-electron chi connectivity index (χ4n) is 4.50. The van der Waals surface area contributed by atoms with Crippen LogP contribution >= 0.6 is 0 Å². The third-order valence-corrected chi connectivity index (χ3v) is 6.37. The number of nitroso groups, excluding NO2 is 1. The lowest BCUT2D eigenvalue weighted by Gasteiger charge is -2.39. The summed E-state index contributed by atoms with van der Waals surface area (Å²) in [5.74, 6) is -1.63. The number of ether oxygens (including phenoxy) is 2. The van der Waals surface area contributed by atoms with E-state index < -0.39 is 36.0 Å². The molecule has 3 rings (SSSR count). The second kappa shape index (κ2) is 12.8. The zero-order valence-electron chi connectivity index (χ0n) is 21.0. The first-order valence-corrected chi connectivity index (χ1v) is 12.3. The molecule has 0 N–H and O–H groups in total. The number of fused-ring (bicyclic) bond motifs is 1. The SMILES string of the molecule is CCOC(=O)[C@@H]1Cc2ccccc2CN1C(=O)[C@H](C)N(N=O)[C@@H](CCc1ccccc1)C(=O)OCC. The molecule has 0 bridgehead atoms. The van der Waals surface area contributed by atoms with Crippen LogP contribution in [0.25, 0.3) is 0 Å². The molecule has 0 radical (unpaired) electrons. The number of aryl methyl sites for hydroxylation is 1. The maximum Gasteiger partial charge on any atom is 0.330 e. The van der Waals surface area contributed by atoms with Gasteiger partial charge in [0, 0.05) is 13.0 Å². The van der Waals surface area contributed by atoms with Gasteiger partial charge in [-0.25, -0.2) is 14.6 Å². The van der Waals surface area contributed by atoms with E-state index in [9.17, 15) is 19.3 Å². The van der Waals surface area contributed by atoms with Gasteiger partial charge < -0.3 is 14.4 Å². The number of amides is 1. The van der Waals surface area contributed by atoms with Crippen molar-refractivity contribution < 1.29 is 23.9 Å². The van der Waals surface area contributed by atoms with Crippen LogP contribution in [-0.2, 0) is 43.2 Å². The highest BCUT2D eigenvalue weighted by atomic mass is 16.5. The fourth-order valence-corrected chi connectivity index (χ4v) is 4.50. The van der Waals surface area contributed by atoms with E-state index in [0.717, 1.165) is 21.7 Å². The highest BCUT2D eigenvalue weighted by molar-refractivity contribution is 5.88. The number of carbonyl (C=O) groups excluding carboxylic acids is 3. The second-order valence-electron chi connectivity index (χ2n) is 8.64. The number of rotatable bonds is 11. The molecule has 0 unspecified atom stereocenters. The average Bonchev–Trinajstić information content (AvgIpc) is 2.90. The lowest BCUT2D eigenvalue weighted by molar-refractivity contribution is -0.160. The van der Waals surface area contributed by atoms with Crippen LogP contribution in [0, 0.1) is 4.91 Å². The molecule has 36 heavy (non-hydrogen) atoms. The number of benzene rings is 2. The molecule has 0 spiro atoms. The standard InChI is InChI=1S/C27H33N3O6/c1-4-35-26(32)23(16-15-20-11-7-6-8-12-20)30(28-34)19(3)25(31)29-18-22-14-10-9-13-21(22)17-24(29)27(33)36-5-2/h6-14,19,23-24H,4-5,15-18H2,1-3H3/t19-,23-,24-/m0/s1. The molecule has 9 nitrogen and oxygen atoms in total. The Kier molecular flexibility index (Phi) is 9.55. The Bertz CT molecular complexity index is 1060. The summed E-state index contributed by atoms with van der Waals surface area (Å²) < 4.78 is 10.5. The van der Waals surface area contributed by atoms with E-state index in [0.29, 0.717) is 12.8 Å². The maximum absolute atomic E-state index is 13.7. The van der Waals surface area contributed by atoms with Crippen molar-refractivity contribution in [2.45, 2.75) is 64.7 Å². The predicted octanol–water partition coefficient (Wildman–Crippen LogP) is 3.44. The molecule has 0 aromatic heterocycles. The van der Waals surface area contributed by atoms with Crippen LogP contribution in [0.4, 0.5) is 0 Å². The molecule has 9 heteroatoms. The minimum Gasteiger partial charge on any atom is -0.464 e. The van der Waals surface area contributed by atoms with Gasteiger partial charge in [0.25, 0.3) is 0 Å². The largest absolute Gasteiger partial charge is 0.464 e. The molecular formula is C27H33N3O6. The molecule has 2 aromatic rings. The van der Waals surface area contributed by atoms with Crippen molar-refractivity contribution in [3.63, 3.8) is 0 Å². The van der Waals surface area contributed by atoms with Crippen LogP contribution in [0.1, 0.15) is 43.9 Å². The lowest BCUT2D eigenvalue weighted by atomic mass is 9.93. The normalized spacial score (nSPS) is 16.3. The summed E-state index contributed by atoms with van der Waals surface area (Å²) in [6.45, 7) is 5.39. The molecule has 1 heterocycles. The van der Waals surface area contributed by atoms with Gasteiger partial charge >= 0.3 is 11.9 Å². The van der Waals surface area contributed by atoms with Crippen LogP contribution in [0.2, 0.25) is 0 Å². The molecule has 0 aliphatic carbocycles. The van der Waals surface area contributed by atoms with Gasteiger partial charge in [-0.05, 0) is 50.3 Å². The smallest absolute Gasteiger partial charge is 0.330 e. The highest BCUT2D eigenvalue weighted by Crippen LogP contribution is 2.26. The Morgan fingerprint density at radius 2 is 1.64 bits per heavy atom. The second-order valence-corrected chi connectivity index (χ2v) is 8.64. The number of nitrogens with zero attached hydrogens (tertiary/aromatic N) is 3. The average molecular weight is 496 g/mol. The molecule has 0 fully saturated rings. The Hall–Kier alpha value is -3.75. The van der Waals surface area contributed by atoms with Crippen molar-refractivity contribution in [3.05, 3.63) is 76.2 Å². The van der Waals surface area contributed by atoms with Gasteiger partial charge in [0.1, 0.15) is 18.1 Å². The lowest BCUT2D eigenvalue weighted by Crippen LogP contribution is -2.56. The van der Waals surface area contributed by atoms with E-state index in [1.54, 1.807) is 13.8 Å². The van der Waals surface area contributed by atoms with Crippen molar-refractivity contribution in [1.29, 1.82) is 0 Å². The van der Waals surface area contributed by atoms with Crippen LogP contribution in [0.15, 0.2) is 59.9 Å². The van der Waals surface area contributed by atoms with Gasteiger partial charge in [0.15, 0.2) is 0 Å². The summed E-state index contributed by atoms with van der Waals surface area (Å²) in [7, 11) is 0. The van der Waals surface area contributed by atoms with E-state index in [1.165, 1.54) is 11.8 Å². The van der Waals surface area contributed by atoms with E-state index in [4.69, 9.17) is 9.47 Å². The van der Waals surface area contributed by atoms with Crippen molar-refractivity contribution >= 4 is 17.8 Å². The van der Waals surface area contributed by atoms with Crippen LogP contribution in [-0.4, -0.2) is 59.1 Å². The highest BCUT2D eigenvalue weighted by Gasteiger charge is 2.41. The monoisotopic (exact) mass is 495 g/mol. The number of hydrogen-bond acceptors (Lipinski definition) is 7. The molecule has 1 aliphatic rings. The van der Waals surface area contributed by atoms with Crippen LogP contribution in [0.3, 0.4) is 0 Å². The zero-order valence-corrected chi connectivity index (χ0v) is 21.0. The Morgan fingerprint density at radius 3 is 2.28 bits per heavy atom. The van der Waals surface area contributed by atoms with Crippen molar-refractivity contribution in [3.8, 4) is 0 Å². The first kappa shape index (κ1) is 26.8. The molecule has 3 atom stereocenters. The molecule has 1 amide bonds. The van der Waals surface area contributed by atoms with Crippen molar-refractivity contribution in [2.75, 3.05) is 13.2 Å². The van der Waals surface area contributed by atoms with E-state index in [-0.39, 0.29) is 26.2 Å². The molecule has 0 saturated heterocycles. The fraction of sp³-hybridized carbons (Fsp3) is 0.444. The quantitative estimate of drug-likeness (QED) is 0.267. The summed E-state index contributed by atoms with van der Waals surface area (Å²) >= 11 is 0. The van der Waals surface area contributed by atoms with E-state index in [2.05, 4.69) is 5.29 Å². The van der Waals surface area contributed by atoms with Crippen LogP contribution < -0.4 is 0 Å². The minimum absolute atomic E-state index is 0.129. The van der Waals surface area contributed by atoms with Gasteiger partial charge in [-0.2, -0.15) is 0 Å². The molecular weight excluding hydrogens is 462 g/mol. The first-order valence-electron chi connectivity index (χ1n) is 12.3. The van der Waals surface area contributed by atoms with Gasteiger partial charge in [0.05, 0.1) is 18.5 Å². The third-order valence-electron chi connectivity index (χ3n) is 6.37. The van der Waals surface area contributed by atoms with Crippen LogP contribution in [0.5, 0.6) is 0 Å². The molecule has 2 aromatic carbocycles. The number of carbonyl (C=O) groups is 3. The Balaban J connectivity index is 1.86. The Labute approximate surface area is 211 Å². The maximum atomic E-state index is 13.7. The van der Waals surface area contributed by atoms with E-state index >= 15 is 0 Å². The van der Waals surface area contributed by atoms with E-state index in [1.807, 2.05) is 54.6 Å². The van der Waals surface area contributed by atoms with Gasteiger partial charge in [-0.1, -0.05) is 54.6 Å². The number of hydrogen-bond donors (Lipinski definition) is 0. The first-order chi connectivity index (χ1) is 17.4. The van der Waals surface area contributed by atoms with Gasteiger partial charge in [-0.15, -0.1) is 4.91 Å². The Morgan fingerprint density at radius 1 is 1.00 bits per heavy atom. The van der Waals surface area contributed by atoms with Gasteiger partial charge in [0.2, 0.25) is 5.91 Å². The van der Waals surface area contributed by atoms with Gasteiger partial charge in [-0.3, -0.25) is 4.79 Å². The zero-order chi connectivity index (χ0) is 26.1. The third kappa shape index (κ3) is 6.27. The van der Waals surface area contributed by atoms with Crippen molar-refractivity contribution in [1.82, 2.24) is 9.91 Å². The summed E-state index contributed by atoms with van der Waals surface area (Å²) in [5, 5.41) is 4.05. The molecule has 192 valence electrons. The topological polar surface area (TPSA) is 106 Å². The summed E-state index contributed by atoms with van der Waals surface area (Å²) in [6.07, 6.45) is 1.02. The number of esters is 2. The summed E-state index contributed by atoms with van der Waals surface area (Å²) in [6, 6.07) is 14.1. The summed E-state index contributed by atoms with van der Waals surface area (Å²) in [5.41, 5.74) is 2.85. The molecule has 1 aliphatic heterocycles. The predicted molar refractivity (Wildman–Crippen MR) is 133 cm³/mol. The molecule has 0 saturated carbocycles. The minimum atomic E-state index is -1.10.